The molecule has 0 heterocycles. The number of rotatable bonds is 7. The largest absolute Gasteiger partial charge is 0.511 e. The van der Waals surface area contributed by atoms with Crippen molar-refractivity contribution in [3.63, 3.8) is 0 Å². The maximum Gasteiger partial charge on any atom is 0.320 e. The molecule has 6 nitrogen and oxygen atoms in total. The van der Waals surface area contributed by atoms with E-state index < -0.39 is 16.8 Å². The van der Waals surface area contributed by atoms with Crippen molar-refractivity contribution in [1.29, 1.82) is 0 Å². The number of aliphatic hydroxyl groups is 1. The first-order chi connectivity index (χ1) is 10.7. The maximum atomic E-state index is 12.5. The Labute approximate surface area is 165 Å². The quantitative estimate of drug-likeness (QED) is 0.191. The Kier molecular flexibility index (Phi) is 8.96. The van der Waals surface area contributed by atoms with E-state index in [1.165, 1.54) is 7.11 Å². The third-order valence-corrected chi connectivity index (χ3v) is 4.31. The second kappa shape index (κ2) is 9.39. The topological polar surface area (TPSA) is 85.2 Å². The van der Waals surface area contributed by atoms with Crippen LogP contribution in [0.3, 0.4) is 0 Å². The van der Waals surface area contributed by atoms with Crippen LogP contribution in [-0.4, -0.2) is 65.8 Å². The molecule has 1 aliphatic carbocycles. The fourth-order valence-corrected chi connectivity index (χ4v) is 3.00. The van der Waals surface area contributed by atoms with E-state index in [4.69, 9.17) is 9.57 Å². The molecule has 0 amide bonds. The summed E-state index contributed by atoms with van der Waals surface area (Å²) in [5.41, 5.74) is -1.36. The van der Waals surface area contributed by atoms with Crippen LogP contribution in [0.2, 0.25) is 0 Å². The van der Waals surface area contributed by atoms with Crippen LogP contribution >= 0.6 is 0 Å². The predicted octanol–water partition coefficient (Wildman–Crippen LogP) is 2.56. The number of carbonyl (C=O) groups is 2. The molecular formula is C17H25NNaO5. The summed E-state index contributed by atoms with van der Waals surface area (Å²) < 4.78 is 4.93. The molecule has 1 N–H and O–H groups in total. The van der Waals surface area contributed by atoms with Crippen molar-refractivity contribution in [3.8, 4) is 0 Å². The Morgan fingerprint density at radius 2 is 2.12 bits per heavy atom. The average molecular weight is 346 g/mol. The summed E-state index contributed by atoms with van der Waals surface area (Å²) in [7, 11) is 1.28. The van der Waals surface area contributed by atoms with Crippen molar-refractivity contribution in [1.82, 2.24) is 0 Å². The van der Waals surface area contributed by atoms with Gasteiger partial charge in [0.15, 0.2) is 5.78 Å². The first-order valence-corrected chi connectivity index (χ1v) is 7.50. The zero-order valence-electron chi connectivity index (χ0n) is 15.2. The number of allylic oxidation sites excluding steroid dienone is 1. The Balaban J connectivity index is 0.00000529. The van der Waals surface area contributed by atoms with E-state index in [9.17, 15) is 14.7 Å². The van der Waals surface area contributed by atoms with Crippen LogP contribution in [0.15, 0.2) is 29.6 Å². The number of oxime groups is 1. The van der Waals surface area contributed by atoms with E-state index in [1.807, 2.05) is 0 Å². The second-order valence-electron chi connectivity index (χ2n) is 6.36. The SMILES string of the molecule is C=CCON=C(C)CCC1(C(=O)OC)C(O)=CC(=O)CC1(C)C.[Na]. The molecule has 129 valence electrons. The molecule has 0 aromatic heterocycles. The van der Waals surface area contributed by atoms with E-state index in [-0.39, 0.29) is 53.9 Å². The predicted molar refractivity (Wildman–Crippen MR) is 92.8 cm³/mol. The van der Waals surface area contributed by atoms with Gasteiger partial charge in [-0.1, -0.05) is 31.7 Å². The maximum absolute atomic E-state index is 12.5. The summed E-state index contributed by atoms with van der Waals surface area (Å²) in [6.45, 7) is 9.17. The molecule has 1 aliphatic rings. The minimum atomic E-state index is -1.27. The fraction of sp³-hybridized carbons (Fsp3) is 0.588. The van der Waals surface area contributed by atoms with Gasteiger partial charge in [-0.05, 0) is 25.2 Å². The third-order valence-electron chi connectivity index (χ3n) is 4.31. The van der Waals surface area contributed by atoms with E-state index in [0.717, 1.165) is 6.08 Å². The summed E-state index contributed by atoms with van der Waals surface area (Å²) >= 11 is 0. The first-order valence-electron chi connectivity index (χ1n) is 7.50. The zero-order valence-corrected chi connectivity index (χ0v) is 17.2. The molecule has 0 aromatic rings. The molecule has 0 spiro atoms. The Hall–Kier alpha value is -1.11. The molecule has 1 radical (unpaired) electrons. The molecule has 1 unspecified atom stereocenters. The zero-order chi connectivity index (χ0) is 17.7. The van der Waals surface area contributed by atoms with E-state index >= 15 is 0 Å². The van der Waals surface area contributed by atoms with E-state index in [1.54, 1.807) is 26.8 Å². The molecular weight excluding hydrogens is 321 g/mol. The number of ketones is 1. The minimum absolute atomic E-state index is 0. The summed E-state index contributed by atoms with van der Waals surface area (Å²) in [6, 6.07) is 0. The smallest absolute Gasteiger partial charge is 0.320 e. The van der Waals surface area contributed by atoms with Crippen LogP contribution in [0.1, 0.15) is 40.0 Å². The van der Waals surface area contributed by atoms with Crippen LogP contribution < -0.4 is 0 Å². The first kappa shape index (κ1) is 22.9. The number of hydrogen-bond acceptors (Lipinski definition) is 6. The van der Waals surface area contributed by atoms with Gasteiger partial charge in [-0.15, -0.1) is 0 Å². The van der Waals surface area contributed by atoms with Crippen LogP contribution in [0.5, 0.6) is 0 Å². The summed E-state index contributed by atoms with van der Waals surface area (Å²) in [5.74, 6) is -0.999. The van der Waals surface area contributed by atoms with Crippen molar-refractivity contribution in [3.05, 3.63) is 24.5 Å². The molecule has 7 heteroatoms. The van der Waals surface area contributed by atoms with Crippen LogP contribution in [0, 0.1) is 10.8 Å². The van der Waals surface area contributed by atoms with Crippen molar-refractivity contribution in [2.45, 2.75) is 40.0 Å². The number of methoxy groups -OCH3 is 1. The third kappa shape index (κ3) is 4.71. The van der Waals surface area contributed by atoms with Gasteiger partial charge in [0.05, 0.1) is 12.8 Å². The number of aliphatic hydroxyl groups excluding tert-OH is 1. The van der Waals surface area contributed by atoms with E-state index in [2.05, 4.69) is 11.7 Å². The average Bonchev–Trinajstić information content (AvgIpc) is 2.45. The summed E-state index contributed by atoms with van der Waals surface area (Å²) in [5, 5.41) is 14.3. The second-order valence-corrected chi connectivity index (χ2v) is 6.36. The van der Waals surface area contributed by atoms with Gasteiger partial charge in [0.1, 0.15) is 17.8 Å². The van der Waals surface area contributed by atoms with Gasteiger partial charge < -0.3 is 14.7 Å². The Morgan fingerprint density at radius 1 is 1.50 bits per heavy atom. The van der Waals surface area contributed by atoms with Gasteiger partial charge >= 0.3 is 5.97 Å². The van der Waals surface area contributed by atoms with Crippen LogP contribution in [0.25, 0.3) is 0 Å². The van der Waals surface area contributed by atoms with Gasteiger partial charge in [-0.25, -0.2) is 0 Å². The number of ether oxygens (including phenoxy) is 1. The van der Waals surface area contributed by atoms with Crippen LogP contribution in [0.4, 0.5) is 0 Å². The van der Waals surface area contributed by atoms with Crippen molar-refractivity contribution in [2.75, 3.05) is 13.7 Å². The Bertz CT molecular complexity index is 553. The molecule has 24 heavy (non-hydrogen) atoms. The van der Waals surface area contributed by atoms with E-state index in [0.29, 0.717) is 18.7 Å². The number of esters is 1. The number of nitrogens with zero attached hydrogens (tertiary/aromatic N) is 1. The van der Waals surface area contributed by atoms with Gasteiger partial charge in [-0.2, -0.15) is 0 Å². The minimum Gasteiger partial charge on any atom is -0.511 e. The normalized spacial score (nSPS) is 22.9. The molecule has 1 rings (SSSR count). The standard InChI is InChI=1S/C17H25NO5.Na/c1-6-9-23-18-12(2)7-8-17(15(21)22-5)14(20)10-13(19)11-16(17,3)4;/h6,10,20H,1,7-9,11H2,2-5H3;. The van der Waals surface area contributed by atoms with Gasteiger partial charge in [0.2, 0.25) is 0 Å². The fourth-order valence-electron chi connectivity index (χ4n) is 3.00. The van der Waals surface area contributed by atoms with Crippen molar-refractivity contribution < 1.29 is 24.3 Å². The van der Waals surface area contributed by atoms with Gasteiger partial charge in [0.25, 0.3) is 0 Å². The van der Waals surface area contributed by atoms with Crippen molar-refractivity contribution in [2.24, 2.45) is 16.0 Å². The molecule has 1 atom stereocenters. The number of hydrogen-bond donors (Lipinski definition) is 1. The Morgan fingerprint density at radius 3 is 2.62 bits per heavy atom. The molecule has 0 bridgehead atoms. The summed E-state index contributed by atoms with van der Waals surface area (Å²) in [6.07, 6.45) is 3.56. The monoisotopic (exact) mass is 346 g/mol. The van der Waals surface area contributed by atoms with Gasteiger partial charge in [-0.3, -0.25) is 9.59 Å². The molecule has 0 saturated carbocycles. The van der Waals surface area contributed by atoms with Crippen LogP contribution in [-0.2, 0) is 19.2 Å². The van der Waals surface area contributed by atoms with Gasteiger partial charge in [0, 0.05) is 42.1 Å². The molecule has 0 fully saturated rings. The molecule has 0 aliphatic heterocycles. The molecule has 0 saturated heterocycles. The summed E-state index contributed by atoms with van der Waals surface area (Å²) in [4.78, 5) is 29.3. The van der Waals surface area contributed by atoms with Crippen molar-refractivity contribution >= 4 is 47.0 Å². The molecule has 0 aromatic carbocycles. The number of carbonyl (C=O) groups excluding carboxylic acids is 2.